The molecule has 96 valence electrons. The van der Waals surface area contributed by atoms with Crippen LogP contribution in [0.3, 0.4) is 0 Å². The number of benzene rings is 1. The van der Waals surface area contributed by atoms with Gasteiger partial charge >= 0.3 is 0 Å². The van der Waals surface area contributed by atoms with E-state index in [1.165, 1.54) is 11.1 Å². The highest BCUT2D eigenvalue weighted by atomic mass is 16.2. The first-order valence-corrected chi connectivity index (χ1v) is 6.81. The van der Waals surface area contributed by atoms with Gasteiger partial charge in [0, 0.05) is 6.04 Å². The monoisotopic (exact) mass is 244 g/mol. The van der Waals surface area contributed by atoms with Crippen molar-refractivity contribution in [3.63, 3.8) is 0 Å². The van der Waals surface area contributed by atoms with Crippen molar-refractivity contribution in [2.24, 2.45) is 0 Å². The number of carbonyl (C=O) groups is 1. The largest absolute Gasteiger partial charge is 0.351 e. The molecule has 1 aliphatic heterocycles. The van der Waals surface area contributed by atoms with Crippen LogP contribution in [-0.2, 0) is 17.6 Å². The molecule has 1 atom stereocenters. The van der Waals surface area contributed by atoms with Crippen molar-refractivity contribution in [2.75, 3.05) is 13.6 Å². The van der Waals surface area contributed by atoms with Gasteiger partial charge < -0.3 is 5.32 Å². The maximum Gasteiger partial charge on any atom is 0.237 e. The number of rotatable bonds is 2. The average Bonchev–Trinajstić information content (AvgIpc) is 2.94. The molecule has 1 aliphatic carbocycles. The van der Waals surface area contributed by atoms with Gasteiger partial charge in [-0.2, -0.15) is 0 Å². The van der Waals surface area contributed by atoms with Crippen LogP contribution in [0.25, 0.3) is 0 Å². The molecule has 1 heterocycles. The Morgan fingerprint density at radius 3 is 2.50 bits per heavy atom. The Hall–Kier alpha value is -1.35. The first kappa shape index (κ1) is 11.7. The van der Waals surface area contributed by atoms with E-state index >= 15 is 0 Å². The third-order valence-corrected chi connectivity index (χ3v) is 4.22. The molecular weight excluding hydrogens is 224 g/mol. The molecular formula is C15H20N2O. The van der Waals surface area contributed by atoms with Crippen molar-refractivity contribution in [3.05, 3.63) is 35.4 Å². The van der Waals surface area contributed by atoms with E-state index in [0.29, 0.717) is 6.04 Å². The number of nitrogens with zero attached hydrogens (tertiary/aromatic N) is 1. The molecule has 18 heavy (non-hydrogen) atoms. The minimum absolute atomic E-state index is 0.0914. The molecule has 3 nitrogen and oxygen atoms in total. The van der Waals surface area contributed by atoms with E-state index in [2.05, 4.69) is 34.5 Å². The zero-order chi connectivity index (χ0) is 12.5. The van der Waals surface area contributed by atoms with Crippen LogP contribution in [0.5, 0.6) is 0 Å². The van der Waals surface area contributed by atoms with E-state index in [1.54, 1.807) is 0 Å². The predicted molar refractivity (Wildman–Crippen MR) is 71.4 cm³/mol. The Morgan fingerprint density at radius 1 is 1.28 bits per heavy atom. The number of fused-ring (bicyclic) bond motifs is 1. The predicted octanol–water partition coefficient (Wildman–Crippen LogP) is 1.36. The van der Waals surface area contributed by atoms with Crippen LogP contribution in [0, 0.1) is 0 Å². The molecule has 2 aliphatic rings. The summed E-state index contributed by atoms with van der Waals surface area (Å²) in [4.78, 5) is 14.4. The lowest BCUT2D eigenvalue weighted by molar-refractivity contribution is -0.125. The fourth-order valence-electron chi connectivity index (χ4n) is 3.20. The first-order valence-electron chi connectivity index (χ1n) is 6.81. The first-order chi connectivity index (χ1) is 8.74. The van der Waals surface area contributed by atoms with Crippen molar-refractivity contribution in [2.45, 2.75) is 37.8 Å². The lowest BCUT2D eigenvalue weighted by Gasteiger charge is -2.21. The molecule has 0 spiro atoms. The summed E-state index contributed by atoms with van der Waals surface area (Å²) in [6.45, 7) is 1.04. The lowest BCUT2D eigenvalue weighted by Crippen LogP contribution is -2.46. The van der Waals surface area contributed by atoms with Gasteiger partial charge in [0.15, 0.2) is 0 Å². The van der Waals surface area contributed by atoms with Crippen LogP contribution < -0.4 is 5.32 Å². The number of likely N-dealkylation sites (tertiary alicyclic amines) is 1. The molecule has 1 amide bonds. The second-order valence-electron chi connectivity index (χ2n) is 5.52. The Kier molecular flexibility index (Phi) is 3.08. The van der Waals surface area contributed by atoms with Crippen LogP contribution in [0.4, 0.5) is 0 Å². The smallest absolute Gasteiger partial charge is 0.237 e. The van der Waals surface area contributed by atoms with Crippen molar-refractivity contribution in [3.8, 4) is 0 Å². The van der Waals surface area contributed by atoms with Gasteiger partial charge in [0.05, 0.1) is 6.04 Å². The van der Waals surface area contributed by atoms with Gasteiger partial charge in [-0.05, 0) is 50.4 Å². The maximum absolute atomic E-state index is 12.2. The molecule has 3 rings (SSSR count). The Bertz CT molecular complexity index is 433. The number of nitrogens with one attached hydrogen (secondary N) is 1. The van der Waals surface area contributed by atoms with Crippen molar-refractivity contribution in [1.29, 1.82) is 0 Å². The fraction of sp³-hybridized carbons (Fsp3) is 0.533. The van der Waals surface area contributed by atoms with Gasteiger partial charge in [-0.25, -0.2) is 0 Å². The number of carbonyl (C=O) groups excluding carboxylic acids is 1. The van der Waals surface area contributed by atoms with E-state index in [-0.39, 0.29) is 11.9 Å². The van der Waals surface area contributed by atoms with Crippen LogP contribution in [0.2, 0.25) is 0 Å². The molecule has 1 aromatic rings. The standard InChI is InChI=1S/C15H20N2O/c1-17-8-4-7-14(17)15(18)16-13-9-11-5-2-3-6-12(11)10-13/h2-3,5-6,13-14H,4,7-10H2,1H3,(H,16,18)/t14-/m0/s1. The Balaban J connectivity index is 1.61. The minimum atomic E-state index is 0.0914. The topological polar surface area (TPSA) is 32.3 Å². The van der Waals surface area contributed by atoms with Crippen molar-refractivity contribution >= 4 is 5.91 Å². The summed E-state index contributed by atoms with van der Waals surface area (Å²) in [5.74, 6) is 0.216. The average molecular weight is 244 g/mol. The molecule has 1 fully saturated rings. The van der Waals surface area contributed by atoms with Gasteiger partial charge in [-0.1, -0.05) is 24.3 Å². The third-order valence-electron chi connectivity index (χ3n) is 4.22. The Labute approximate surface area is 108 Å². The second-order valence-corrected chi connectivity index (χ2v) is 5.52. The zero-order valence-electron chi connectivity index (χ0n) is 10.9. The van der Waals surface area contributed by atoms with Crippen molar-refractivity contribution in [1.82, 2.24) is 10.2 Å². The summed E-state index contributed by atoms with van der Waals surface area (Å²) in [7, 11) is 2.04. The highest BCUT2D eigenvalue weighted by molar-refractivity contribution is 5.82. The molecule has 0 bridgehead atoms. The molecule has 3 heteroatoms. The van der Waals surface area contributed by atoms with Crippen molar-refractivity contribution < 1.29 is 4.79 Å². The third kappa shape index (κ3) is 2.15. The van der Waals surface area contributed by atoms with Gasteiger partial charge in [-0.15, -0.1) is 0 Å². The summed E-state index contributed by atoms with van der Waals surface area (Å²) in [6.07, 6.45) is 4.11. The Morgan fingerprint density at radius 2 is 1.94 bits per heavy atom. The van der Waals surface area contributed by atoms with Crippen LogP contribution in [0.1, 0.15) is 24.0 Å². The SMILES string of the molecule is CN1CCC[C@H]1C(=O)NC1Cc2ccccc2C1. The van der Waals surface area contributed by atoms with Crippen LogP contribution in [0.15, 0.2) is 24.3 Å². The maximum atomic E-state index is 12.2. The number of hydrogen-bond donors (Lipinski definition) is 1. The summed E-state index contributed by atoms with van der Waals surface area (Å²) in [6, 6.07) is 8.88. The molecule has 0 aromatic heterocycles. The number of hydrogen-bond acceptors (Lipinski definition) is 2. The second kappa shape index (κ2) is 4.73. The molecule has 1 saturated heterocycles. The van der Waals surface area contributed by atoms with Gasteiger partial charge in [0.2, 0.25) is 5.91 Å². The van der Waals surface area contributed by atoms with E-state index in [1.807, 2.05) is 7.05 Å². The molecule has 0 radical (unpaired) electrons. The summed E-state index contributed by atoms with van der Waals surface area (Å²) < 4.78 is 0. The van der Waals surface area contributed by atoms with Crippen LogP contribution >= 0.6 is 0 Å². The summed E-state index contributed by atoms with van der Waals surface area (Å²) >= 11 is 0. The van der Waals surface area contributed by atoms with E-state index in [9.17, 15) is 4.79 Å². The highest BCUT2D eigenvalue weighted by Gasteiger charge is 2.30. The zero-order valence-corrected chi connectivity index (χ0v) is 10.9. The van der Waals surface area contributed by atoms with E-state index in [0.717, 1.165) is 32.2 Å². The van der Waals surface area contributed by atoms with E-state index in [4.69, 9.17) is 0 Å². The summed E-state index contributed by atoms with van der Waals surface area (Å²) in [5, 5.41) is 3.22. The minimum Gasteiger partial charge on any atom is -0.351 e. The molecule has 0 saturated carbocycles. The van der Waals surface area contributed by atoms with E-state index < -0.39 is 0 Å². The number of likely N-dealkylation sites (N-methyl/N-ethyl adjacent to an activating group) is 1. The quantitative estimate of drug-likeness (QED) is 0.852. The molecule has 1 N–H and O–H groups in total. The molecule has 1 aromatic carbocycles. The fourth-order valence-corrected chi connectivity index (χ4v) is 3.20. The van der Waals surface area contributed by atoms with Gasteiger partial charge in [0.25, 0.3) is 0 Å². The van der Waals surface area contributed by atoms with Gasteiger partial charge in [-0.3, -0.25) is 9.69 Å². The normalized spacial score (nSPS) is 24.2. The summed E-state index contributed by atoms with van der Waals surface area (Å²) in [5.41, 5.74) is 2.78. The lowest BCUT2D eigenvalue weighted by atomic mass is 10.1. The number of amides is 1. The molecule has 0 unspecified atom stereocenters. The van der Waals surface area contributed by atoms with Crippen LogP contribution in [-0.4, -0.2) is 36.5 Å². The highest BCUT2D eigenvalue weighted by Crippen LogP contribution is 2.22. The van der Waals surface area contributed by atoms with Gasteiger partial charge in [0.1, 0.15) is 0 Å².